The van der Waals surface area contributed by atoms with Gasteiger partial charge < -0.3 is 15.6 Å². The summed E-state index contributed by atoms with van der Waals surface area (Å²) < 4.78 is 21.1. The second-order valence-corrected chi connectivity index (χ2v) is 5.08. The van der Waals surface area contributed by atoms with E-state index in [1.807, 2.05) is 6.92 Å². The summed E-state index contributed by atoms with van der Waals surface area (Å²) in [6.45, 7) is 1.77. The van der Waals surface area contributed by atoms with Crippen LogP contribution < -0.4 is 5.73 Å². The highest BCUT2D eigenvalue weighted by Crippen LogP contribution is 2.40. The molecule has 1 saturated heterocycles. The fourth-order valence-corrected chi connectivity index (χ4v) is 2.50. The second kappa shape index (κ2) is 4.14. The first-order chi connectivity index (χ1) is 9.04. The van der Waals surface area contributed by atoms with Crippen LogP contribution in [0.4, 0.5) is 10.2 Å². The van der Waals surface area contributed by atoms with Gasteiger partial charge in [-0.05, 0) is 19.8 Å². The third-order valence-corrected chi connectivity index (χ3v) is 3.59. The molecule has 2 aromatic rings. The van der Waals surface area contributed by atoms with Gasteiger partial charge in [-0.15, -0.1) is 0 Å². The van der Waals surface area contributed by atoms with E-state index in [1.54, 1.807) is 0 Å². The Morgan fingerprint density at radius 2 is 2.47 bits per heavy atom. The van der Waals surface area contributed by atoms with Crippen LogP contribution in [0.15, 0.2) is 12.4 Å². The molecular weight excluding hydrogens is 251 g/mol. The fourth-order valence-electron chi connectivity index (χ4n) is 2.50. The van der Waals surface area contributed by atoms with Crippen LogP contribution in [-0.2, 0) is 4.74 Å². The van der Waals surface area contributed by atoms with Gasteiger partial charge >= 0.3 is 0 Å². The summed E-state index contributed by atoms with van der Waals surface area (Å²) in [5.74, 6) is -0.365. The van der Waals surface area contributed by atoms with Crippen LogP contribution in [0.25, 0.3) is 5.52 Å². The van der Waals surface area contributed by atoms with Crippen molar-refractivity contribution in [1.29, 1.82) is 0 Å². The Balaban J connectivity index is 2.05. The lowest BCUT2D eigenvalue weighted by molar-refractivity contribution is -0.0635. The number of fused-ring (bicyclic) bond motifs is 1. The molecule has 0 spiro atoms. The third kappa shape index (κ3) is 1.85. The average molecular weight is 266 g/mol. The van der Waals surface area contributed by atoms with E-state index in [0.29, 0.717) is 18.5 Å². The number of ether oxygens (including phenoxy) is 1. The highest BCUT2D eigenvalue weighted by atomic mass is 19.1. The number of aliphatic hydroxyl groups excluding tert-OH is 1. The molecule has 0 bridgehead atoms. The molecule has 1 aliphatic heterocycles. The summed E-state index contributed by atoms with van der Waals surface area (Å²) >= 11 is 0. The van der Waals surface area contributed by atoms with Gasteiger partial charge in [-0.2, -0.15) is 5.10 Å². The number of anilines is 1. The number of rotatable bonds is 2. The van der Waals surface area contributed by atoms with Gasteiger partial charge in [-0.1, -0.05) is 0 Å². The van der Waals surface area contributed by atoms with Crippen LogP contribution in [0.5, 0.6) is 0 Å². The van der Waals surface area contributed by atoms with Crippen LogP contribution in [0.2, 0.25) is 0 Å². The van der Waals surface area contributed by atoms with Crippen molar-refractivity contribution in [3.05, 3.63) is 23.9 Å². The maximum atomic E-state index is 13.9. The summed E-state index contributed by atoms with van der Waals surface area (Å²) in [6, 6.07) is 1.37. The molecule has 0 amide bonds. The van der Waals surface area contributed by atoms with Crippen LogP contribution >= 0.6 is 0 Å². The largest absolute Gasteiger partial charge is 0.393 e. The molecule has 1 fully saturated rings. The molecule has 6 nitrogen and oxygen atoms in total. The molecule has 1 aliphatic rings. The standard InChI is InChI=1S/C12H15FN4O2/c1-12(5-18)3-2-9(19-12)8-4-7(13)10-11(14)15-6-16-17(8)10/h4,6,9,18H,2-3,5H2,1H3,(H2,14,15,16). The number of hydrogen-bond donors (Lipinski definition) is 2. The summed E-state index contributed by atoms with van der Waals surface area (Å²) in [4.78, 5) is 3.78. The van der Waals surface area contributed by atoms with Crippen LogP contribution in [0.3, 0.4) is 0 Å². The first-order valence-corrected chi connectivity index (χ1v) is 6.10. The summed E-state index contributed by atoms with van der Waals surface area (Å²) in [5.41, 5.74) is 5.84. The number of hydrogen-bond acceptors (Lipinski definition) is 5. The Hall–Kier alpha value is -1.73. The van der Waals surface area contributed by atoms with Crippen molar-refractivity contribution in [2.75, 3.05) is 12.3 Å². The Kier molecular flexibility index (Phi) is 2.68. The number of aliphatic hydroxyl groups is 1. The molecule has 3 N–H and O–H groups in total. The average Bonchev–Trinajstić information content (AvgIpc) is 2.93. The van der Waals surface area contributed by atoms with Gasteiger partial charge in [-0.3, -0.25) is 0 Å². The molecule has 0 aromatic carbocycles. The lowest BCUT2D eigenvalue weighted by Crippen LogP contribution is -2.28. The molecule has 0 aliphatic carbocycles. The first-order valence-electron chi connectivity index (χ1n) is 6.10. The SMILES string of the molecule is CC1(CO)CCC(c2cc(F)c3c(N)ncnn23)O1. The van der Waals surface area contributed by atoms with Crippen molar-refractivity contribution in [2.24, 2.45) is 0 Å². The monoisotopic (exact) mass is 266 g/mol. The predicted octanol–water partition coefficient (Wildman–Crippen LogP) is 1.05. The Morgan fingerprint density at radius 1 is 1.68 bits per heavy atom. The van der Waals surface area contributed by atoms with Crippen molar-refractivity contribution in [3.63, 3.8) is 0 Å². The lowest BCUT2D eigenvalue weighted by atomic mass is 10.0. The van der Waals surface area contributed by atoms with E-state index in [0.717, 1.165) is 0 Å². The van der Waals surface area contributed by atoms with E-state index in [-0.39, 0.29) is 24.0 Å². The second-order valence-electron chi connectivity index (χ2n) is 5.08. The maximum absolute atomic E-state index is 13.9. The zero-order chi connectivity index (χ0) is 13.6. The van der Waals surface area contributed by atoms with Crippen molar-refractivity contribution in [3.8, 4) is 0 Å². The molecular formula is C12H15FN4O2. The van der Waals surface area contributed by atoms with Crippen molar-refractivity contribution >= 4 is 11.3 Å². The molecule has 3 rings (SSSR count). The number of aromatic nitrogens is 3. The maximum Gasteiger partial charge on any atom is 0.154 e. The summed E-state index contributed by atoms with van der Waals surface area (Å²) in [5, 5.41) is 13.3. The molecule has 2 aromatic heterocycles. The van der Waals surface area contributed by atoms with Gasteiger partial charge in [0.25, 0.3) is 0 Å². The normalized spacial score (nSPS) is 27.2. The molecule has 0 saturated carbocycles. The van der Waals surface area contributed by atoms with Crippen molar-refractivity contribution < 1.29 is 14.2 Å². The van der Waals surface area contributed by atoms with Gasteiger partial charge in [0.15, 0.2) is 11.6 Å². The van der Waals surface area contributed by atoms with E-state index in [1.165, 1.54) is 16.9 Å². The van der Waals surface area contributed by atoms with Gasteiger partial charge in [0.2, 0.25) is 0 Å². The van der Waals surface area contributed by atoms with Gasteiger partial charge in [0, 0.05) is 6.07 Å². The highest BCUT2D eigenvalue weighted by Gasteiger charge is 2.38. The minimum Gasteiger partial charge on any atom is -0.393 e. The first kappa shape index (κ1) is 12.3. The predicted molar refractivity (Wildman–Crippen MR) is 65.9 cm³/mol. The van der Waals surface area contributed by atoms with E-state index in [9.17, 15) is 9.50 Å². The molecule has 7 heteroatoms. The van der Waals surface area contributed by atoms with E-state index in [2.05, 4.69) is 10.1 Å². The van der Waals surface area contributed by atoms with E-state index in [4.69, 9.17) is 10.5 Å². The number of nitrogens with two attached hydrogens (primary N) is 1. The highest BCUT2D eigenvalue weighted by molar-refractivity contribution is 5.66. The fraction of sp³-hybridized carbons (Fsp3) is 0.500. The van der Waals surface area contributed by atoms with Gasteiger partial charge in [0.05, 0.1) is 17.9 Å². The number of nitrogens with zero attached hydrogens (tertiary/aromatic N) is 3. The summed E-state index contributed by atoms with van der Waals surface area (Å²) in [6.07, 6.45) is 2.39. The van der Waals surface area contributed by atoms with Crippen LogP contribution in [0.1, 0.15) is 31.6 Å². The zero-order valence-electron chi connectivity index (χ0n) is 10.5. The molecule has 0 radical (unpaired) electrons. The topological polar surface area (TPSA) is 85.7 Å². The Labute approximate surface area is 109 Å². The minimum absolute atomic E-state index is 0.0631. The smallest absolute Gasteiger partial charge is 0.154 e. The van der Waals surface area contributed by atoms with Crippen molar-refractivity contribution in [2.45, 2.75) is 31.5 Å². The van der Waals surface area contributed by atoms with Gasteiger partial charge in [0.1, 0.15) is 17.9 Å². The molecule has 102 valence electrons. The number of nitrogen functional groups attached to an aromatic ring is 1. The third-order valence-electron chi connectivity index (χ3n) is 3.59. The minimum atomic E-state index is -0.579. The molecule has 2 unspecified atom stereocenters. The van der Waals surface area contributed by atoms with E-state index < -0.39 is 11.4 Å². The quantitative estimate of drug-likeness (QED) is 0.848. The van der Waals surface area contributed by atoms with Crippen LogP contribution in [0, 0.1) is 5.82 Å². The summed E-state index contributed by atoms with van der Waals surface area (Å²) in [7, 11) is 0. The number of halogens is 1. The lowest BCUT2D eigenvalue weighted by Gasteiger charge is -2.21. The Morgan fingerprint density at radius 3 is 3.16 bits per heavy atom. The van der Waals surface area contributed by atoms with Crippen LogP contribution in [-0.4, -0.2) is 31.9 Å². The zero-order valence-corrected chi connectivity index (χ0v) is 10.5. The Bertz CT molecular complexity index is 629. The van der Waals surface area contributed by atoms with E-state index >= 15 is 0 Å². The molecule has 19 heavy (non-hydrogen) atoms. The van der Waals surface area contributed by atoms with Crippen molar-refractivity contribution in [1.82, 2.24) is 14.6 Å². The molecule has 3 heterocycles. The van der Waals surface area contributed by atoms with Gasteiger partial charge in [-0.25, -0.2) is 13.9 Å². The molecule has 2 atom stereocenters.